The molecule has 1 aliphatic heterocycles. The Hall–Kier alpha value is -2.40. The molecule has 0 unspecified atom stereocenters. The molecule has 1 fully saturated rings. The summed E-state index contributed by atoms with van der Waals surface area (Å²) in [6.45, 7) is 2.11. The van der Waals surface area contributed by atoms with Gasteiger partial charge in [0.2, 0.25) is 16.9 Å². The molecule has 11 heteroatoms. The number of nitrogens with zero attached hydrogens (tertiary/aromatic N) is 5. The fraction of sp³-hybridized carbons (Fsp3) is 0.467. The zero-order valence-electron chi connectivity index (χ0n) is 14.0. The Kier molecular flexibility index (Phi) is 6.23. The van der Waals surface area contributed by atoms with Gasteiger partial charge in [-0.05, 0) is 6.42 Å². The van der Waals surface area contributed by atoms with Gasteiger partial charge in [-0.2, -0.15) is 0 Å². The summed E-state index contributed by atoms with van der Waals surface area (Å²) in [5, 5.41) is 12.1. The molecule has 0 aromatic carbocycles. The van der Waals surface area contributed by atoms with E-state index in [1.165, 1.54) is 28.2 Å². The maximum absolute atomic E-state index is 12.4. The molecule has 138 valence electrons. The van der Waals surface area contributed by atoms with Crippen LogP contribution in [0.15, 0.2) is 16.4 Å². The van der Waals surface area contributed by atoms with Crippen LogP contribution in [0.5, 0.6) is 0 Å². The quantitative estimate of drug-likeness (QED) is 0.813. The first-order chi connectivity index (χ1) is 12.6. The highest BCUT2D eigenvalue weighted by molar-refractivity contribution is 7.13. The summed E-state index contributed by atoms with van der Waals surface area (Å²) in [4.78, 5) is 44.1. The number of nitrogens with one attached hydrogen (secondary N) is 1. The molecule has 3 rings (SSSR count). The van der Waals surface area contributed by atoms with E-state index in [2.05, 4.69) is 20.5 Å². The minimum absolute atomic E-state index is 0.0830. The van der Waals surface area contributed by atoms with Crippen molar-refractivity contribution < 1.29 is 14.4 Å². The smallest absolute Gasteiger partial charge is 0.273 e. The van der Waals surface area contributed by atoms with E-state index in [1.54, 1.807) is 20.7 Å². The summed E-state index contributed by atoms with van der Waals surface area (Å²) in [5.74, 6) is -0.442. The third-order valence-corrected chi connectivity index (χ3v) is 5.15. The highest BCUT2D eigenvalue weighted by Crippen LogP contribution is 2.12. The van der Waals surface area contributed by atoms with E-state index >= 15 is 0 Å². The fourth-order valence-electron chi connectivity index (χ4n) is 2.64. The van der Waals surface area contributed by atoms with Gasteiger partial charge < -0.3 is 15.1 Å². The van der Waals surface area contributed by atoms with Crippen molar-refractivity contribution in [1.29, 1.82) is 0 Å². The average molecular weight is 394 g/mol. The Balaban J connectivity index is 1.45. The molecule has 9 nitrogen and oxygen atoms in total. The number of rotatable bonds is 5. The minimum Gasteiger partial charge on any atom is -0.341 e. The van der Waals surface area contributed by atoms with Crippen molar-refractivity contribution in [3.8, 4) is 0 Å². The molecule has 1 saturated heterocycles. The number of hydrogen-bond donors (Lipinski definition) is 1. The summed E-state index contributed by atoms with van der Waals surface area (Å²) >= 11 is 2.61. The van der Waals surface area contributed by atoms with Gasteiger partial charge in [0.25, 0.3) is 5.91 Å². The first-order valence-electron chi connectivity index (χ1n) is 8.15. The molecule has 1 aliphatic rings. The highest BCUT2D eigenvalue weighted by Gasteiger charge is 2.23. The van der Waals surface area contributed by atoms with Crippen LogP contribution < -0.4 is 5.32 Å². The van der Waals surface area contributed by atoms with Gasteiger partial charge >= 0.3 is 0 Å². The van der Waals surface area contributed by atoms with Crippen molar-refractivity contribution >= 4 is 45.5 Å². The molecule has 2 aromatic heterocycles. The van der Waals surface area contributed by atoms with Crippen LogP contribution in [0.3, 0.4) is 0 Å². The van der Waals surface area contributed by atoms with Gasteiger partial charge in [-0.25, -0.2) is 4.98 Å². The normalized spacial score (nSPS) is 14.8. The Morgan fingerprint density at radius 2 is 1.88 bits per heavy atom. The Labute approximate surface area is 158 Å². The van der Waals surface area contributed by atoms with Gasteiger partial charge in [-0.1, -0.05) is 11.3 Å². The maximum atomic E-state index is 12.4. The summed E-state index contributed by atoms with van der Waals surface area (Å²) in [5.41, 5.74) is 3.60. The fourth-order valence-corrected chi connectivity index (χ4v) is 3.62. The van der Waals surface area contributed by atoms with Crippen molar-refractivity contribution in [1.82, 2.24) is 25.0 Å². The average Bonchev–Trinajstić information content (AvgIpc) is 3.29. The monoisotopic (exact) mass is 394 g/mol. The van der Waals surface area contributed by atoms with Crippen LogP contribution >= 0.6 is 22.7 Å². The predicted octanol–water partition coefficient (Wildman–Crippen LogP) is 1.09. The Morgan fingerprint density at radius 1 is 1.08 bits per heavy atom. The second-order valence-corrected chi connectivity index (χ2v) is 7.24. The first-order valence-corrected chi connectivity index (χ1v) is 9.97. The van der Waals surface area contributed by atoms with Gasteiger partial charge in [0.05, 0.1) is 5.51 Å². The van der Waals surface area contributed by atoms with Gasteiger partial charge in [0, 0.05) is 44.4 Å². The van der Waals surface area contributed by atoms with Gasteiger partial charge in [0.15, 0.2) is 0 Å². The standard InChI is InChI=1S/C15H18N6O3S2/c22-12(18-15-19-17-10-26-15)2-3-13(23)20-4-1-5-21(7-6-20)14(24)11-8-25-9-16-11/h8-10H,1-7H2,(H,18,19,22). The molecule has 0 bridgehead atoms. The largest absolute Gasteiger partial charge is 0.341 e. The van der Waals surface area contributed by atoms with Crippen molar-refractivity contribution in [2.75, 3.05) is 31.5 Å². The van der Waals surface area contributed by atoms with Gasteiger partial charge in [0.1, 0.15) is 11.2 Å². The highest BCUT2D eigenvalue weighted by atomic mass is 32.1. The summed E-state index contributed by atoms with van der Waals surface area (Å²) < 4.78 is 0. The zero-order valence-corrected chi connectivity index (χ0v) is 15.6. The molecule has 0 radical (unpaired) electrons. The molecule has 26 heavy (non-hydrogen) atoms. The summed E-state index contributed by atoms with van der Waals surface area (Å²) in [6.07, 6.45) is 0.930. The lowest BCUT2D eigenvalue weighted by molar-refractivity contribution is -0.132. The van der Waals surface area contributed by atoms with Crippen LogP contribution in [0.4, 0.5) is 5.13 Å². The van der Waals surface area contributed by atoms with E-state index < -0.39 is 0 Å². The van der Waals surface area contributed by atoms with E-state index in [4.69, 9.17) is 0 Å². The molecule has 0 spiro atoms. The second-order valence-electron chi connectivity index (χ2n) is 5.69. The summed E-state index contributed by atoms with van der Waals surface area (Å²) in [7, 11) is 0. The molecule has 1 N–H and O–H groups in total. The van der Waals surface area contributed by atoms with Crippen molar-refractivity contribution in [3.63, 3.8) is 0 Å². The van der Waals surface area contributed by atoms with Gasteiger partial charge in [-0.15, -0.1) is 21.5 Å². The maximum Gasteiger partial charge on any atom is 0.273 e. The van der Waals surface area contributed by atoms with Crippen LogP contribution in [0.2, 0.25) is 0 Å². The van der Waals surface area contributed by atoms with Crippen LogP contribution in [-0.2, 0) is 9.59 Å². The number of amides is 3. The van der Waals surface area contributed by atoms with E-state index in [0.717, 1.165) is 0 Å². The van der Waals surface area contributed by atoms with Gasteiger partial charge in [-0.3, -0.25) is 14.4 Å². The van der Waals surface area contributed by atoms with E-state index in [1.807, 2.05) is 0 Å². The number of thiazole rings is 1. The predicted molar refractivity (Wildman–Crippen MR) is 97.0 cm³/mol. The van der Waals surface area contributed by atoms with Crippen LogP contribution in [0.1, 0.15) is 29.8 Å². The van der Waals surface area contributed by atoms with E-state index in [9.17, 15) is 14.4 Å². The number of hydrogen-bond acceptors (Lipinski definition) is 8. The molecule has 2 aromatic rings. The third-order valence-electron chi connectivity index (χ3n) is 3.96. The van der Waals surface area contributed by atoms with Crippen LogP contribution in [-0.4, -0.2) is 68.9 Å². The minimum atomic E-state index is -0.259. The van der Waals surface area contributed by atoms with Crippen molar-refractivity contribution in [2.45, 2.75) is 19.3 Å². The number of aromatic nitrogens is 3. The SMILES string of the molecule is O=C(CCC(=O)N1CCCN(C(=O)c2cscn2)CC1)Nc1nncs1. The number of carbonyl (C=O) groups excluding carboxylic acids is 3. The topological polar surface area (TPSA) is 108 Å². The third kappa shape index (κ3) is 4.82. The first kappa shape index (κ1) is 18.4. The molecule has 0 saturated carbocycles. The number of anilines is 1. The summed E-state index contributed by atoms with van der Waals surface area (Å²) in [6, 6.07) is 0. The molecule has 3 amide bonds. The molecule has 0 aliphatic carbocycles. The van der Waals surface area contributed by atoms with E-state index in [0.29, 0.717) is 43.4 Å². The number of carbonyl (C=O) groups is 3. The second kappa shape index (κ2) is 8.81. The van der Waals surface area contributed by atoms with E-state index in [-0.39, 0.29) is 30.6 Å². The molecule has 0 atom stereocenters. The molecule has 3 heterocycles. The molecular weight excluding hydrogens is 376 g/mol. The van der Waals surface area contributed by atoms with Crippen LogP contribution in [0.25, 0.3) is 0 Å². The Bertz CT molecular complexity index is 750. The molecular formula is C15H18N6O3S2. The zero-order chi connectivity index (χ0) is 18.4. The Morgan fingerprint density at radius 3 is 2.62 bits per heavy atom. The van der Waals surface area contributed by atoms with Crippen molar-refractivity contribution in [2.24, 2.45) is 0 Å². The van der Waals surface area contributed by atoms with Crippen LogP contribution in [0, 0.1) is 0 Å². The lowest BCUT2D eigenvalue weighted by Crippen LogP contribution is -2.37. The lowest BCUT2D eigenvalue weighted by Gasteiger charge is -2.21. The van der Waals surface area contributed by atoms with Crippen molar-refractivity contribution in [3.05, 3.63) is 22.1 Å². The lowest BCUT2D eigenvalue weighted by atomic mass is 10.2.